The Morgan fingerprint density at radius 1 is 1.11 bits per heavy atom. The van der Waals surface area contributed by atoms with E-state index < -0.39 is 0 Å². The molecule has 3 aliphatic rings. The van der Waals surface area contributed by atoms with Crippen molar-refractivity contribution in [3.8, 4) is 0 Å². The van der Waals surface area contributed by atoms with Crippen LogP contribution in [0, 0.1) is 11.8 Å². The molecule has 1 amide bonds. The van der Waals surface area contributed by atoms with E-state index in [0.29, 0.717) is 24.9 Å². The Balaban J connectivity index is 1.27. The summed E-state index contributed by atoms with van der Waals surface area (Å²) < 4.78 is 17.6. The van der Waals surface area contributed by atoms with E-state index in [1.807, 2.05) is 29.2 Å². The molecular formula is C22H31NO4. The van der Waals surface area contributed by atoms with E-state index in [1.54, 1.807) is 0 Å². The zero-order chi connectivity index (χ0) is 18.7. The molecule has 148 valence electrons. The van der Waals surface area contributed by atoms with E-state index in [1.165, 1.54) is 5.56 Å². The van der Waals surface area contributed by atoms with Crippen LogP contribution in [0.25, 0.3) is 0 Å². The lowest BCUT2D eigenvalue weighted by Gasteiger charge is -2.50. The van der Waals surface area contributed by atoms with Crippen molar-refractivity contribution < 1.29 is 19.0 Å². The fourth-order valence-corrected chi connectivity index (χ4v) is 4.47. The Bertz CT molecular complexity index is 632. The lowest BCUT2D eigenvalue weighted by Crippen LogP contribution is -2.66. The smallest absolute Gasteiger partial charge is 0.254 e. The maximum atomic E-state index is 12.7. The number of aryl methyl sites for hydroxylation is 1. The summed E-state index contributed by atoms with van der Waals surface area (Å²) in [6.45, 7) is 7.56. The molecule has 0 bridgehead atoms. The lowest BCUT2D eigenvalue weighted by molar-refractivity contribution is -0.129. The first-order valence-corrected chi connectivity index (χ1v) is 10.4. The Morgan fingerprint density at radius 2 is 1.85 bits per heavy atom. The molecule has 1 spiro atoms. The minimum Gasteiger partial charge on any atom is -0.381 e. The van der Waals surface area contributed by atoms with Gasteiger partial charge in [-0.1, -0.05) is 19.1 Å². The molecule has 0 unspecified atom stereocenters. The highest BCUT2D eigenvalue weighted by Crippen LogP contribution is 2.40. The van der Waals surface area contributed by atoms with Gasteiger partial charge in [-0.15, -0.1) is 0 Å². The highest BCUT2D eigenvalue weighted by atomic mass is 16.5. The summed E-state index contributed by atoms with van der Waals surface area (Å²) in [7, 11) is 0. The number of hydrogen-bond acceptors (Lipinski definition) is 4. The van der Waals surface area contributed by atoms with E-state index in [4.69, 9.17) is 14.2 Å². The van der Waals surface area contributed by atoms with Crippen molar-refractivity contribution in [2.24, 2.45) is 11.8 Å². The summed E-state index contributed by atoms with van der Waals surface area (Å²) in [6.07, 6.45) is 4.22. The van der Waals surface area contributed by atoms with Crippen molar-refractivity contribution >= 4 is 5.91 Å². The number of nitrogens with zero attached hydrogens (tertiary/aromatic N) is 1. The second-order valence-corrected chi connectivity index (χ2v) is 8.20. The third-order valence-electron chi connectivity index (χ3n) is 6.43. The normalized spacial score (nSPS) is 24.9. The summed E-state index contributed by atoms with van der Waals surface area (Å²) >= 11 is 0. The first kappa shape index (κ1) is 18.9. The van der Waals surface area contributed by atoms with Crippen molar-refractivity contribution in [2.45, 2.75) is 38.2 Å². The molecule has 0 radical (unpaired) electrons. The Hall–Kier alpha value is -1.43. The molecule has 3 aliphatic heterocycles. The van der Waals surface area contributed by atoms with Crippen LogP contribution in [-0.2, 0) is 20.6 Å². The Morgan fingerprint density at radius 3 is 2.56 bits per heavy atom. The maximum Gasteiger partial charge on any atom is 0.254 e. The number of carbonyl (C=O) groups is 1. The van der Waals surface area contributed by atoms with Crippen molar-refractivity contribution in [1.29, 1.82) is 0 Å². The fraction of sp³-hybridized carbons (Fsp3) is 0.682. The highest BCUT2D eigenvalue weighted by molar-refractivity contribution is 5.95. The molecule has 5 heteroatoms. The van der Waals surface area contributed by atoms with Gasteiger partial charge in [0.1, 0.15) is 5.60 Å². The number of benzene rings is 1. The summed E-state index contributed by atoms with van der Waals surface area (Å²) in [5.41, 5.74) is 1.84. The van der Waals surface area contributed by atoms with Crippen LogP contribution >= 0.6 is 0 Å². The van der Waals surface area contributed by atoms with Crippen molar-refractivity contribution in [3.05, 3.63) is 35.4 Å². The lowest BCUT2D eigenvalue weighted by atomic mass is 9.81. The number of rotatable bonds is 6. The quantitative estimate of drug-likeness (QED) is 0.769. The summed E-state index contributed by atoms with van der Waals surface area (Å²) in [5.74, 6) is 1.13. The minimum atomic E-state index is -0.186. The van der Waals surface area contributed by atoms with Crippen LogP contribution in [0.5, 0.6) is 0 Å². The van der Waals surface area contributed by atoms with E-state index in [9.17, 15) is 4.79 Å². The molecule has 1 aromatic carbocycles. The van der Waals surface area contributed by atoms with Crippen molar-refractivity contribution in [3.63, 3.8) is 0 Å². The molecule has 27 heavy (non-hydrogen) atoms. The molecule has 4 rings (SSSR count). The van der Waals surface area contributed by atoms with Crippen molar-refractivity contribution in [2.75, 3.05) is 46.1 Å². The van der Waals surface area contributed by atoms with E-state index >= 15 is 0 Å². The molecule has 1 aromatic rings. The number of hydrogen-bond donors (Lipinski definition) is 0. The summed E-state index contributed by atoms with van der Waals surface area (Å²) in [4.78, 5) is 14.6. The molecule has 0 aromatic heterocycles. The third kappa shape index (κ3) is 4.05. The summed E-state index contributed by atoms with van der Waals surface area (Å²) in [6, 6.07) is 7.97. The van der Waals surface area contributed by atoms with E-state index in [2.05, 4.69) is 6.92 Å². The van der Waals surface area contributed by atoms with Gasteiger partial charge in [0, 0.05) is 37.9 Å². The average molecular weight is 373 g/mol. The fourth-order valence-electron chi connectivity index (χ4n) is 4.47. The van der Waals surface area contributed by atoms with Gasteiger partial charge in [-0.2, -0.15) is 0 Å². The molecule has 3 heterocycles. The van der Waals surface area contributed by atoms with Gasteiger partial charge in [-0.05, 0) is 49.3 Å². The summed E-state index contributed by atoms with van der Waals surface area (Å²) in [5, 5.41) is 0. The molecule has 3 saturated heterocycles. The predicted molar refractivity (Wildman–Crippen MR) is 103 cm³/mol. The monoisotopic (exact) mass is 373 g/mol. The number of carbonyl (C=O) groups excluding carboxylic acids is 1. The third-order valence-corrected chi connectivity index (χ3v) is 6.43. The second-order valence-electron chi connectivity index (χ2n) is 8.20. The van der Waals surface area contributed by atoms with Gasteiger partial charge in [0.15, 0.2) is 0 Å². The molecule has 0 N–H and O–H groups in total. The van der Waals surface area contributed by atoms with Gasteiger partial charge in [-0.25, -0.2) is 0 Å². The predicted octanol–water partition coefficient (Wildman–Crippen LogP) is 2.92. The first-order valence-electron chi connectivity index (χ1n) is 10.4. The first-order chi connectivity index (χ1) is 13.2. The zero-order valence-electron chi connectivity index (χ0n) is 16.3. The molecular weight excluding hydrogens is 342 g/mol. The molecule has 1 atom stereocenters. The SMILES string of the molecule is CCc1ccc(C(=O)N2CC3(C2)OCC[C@@H]3COCC2CCOCC2)cc1. The van der Waals surface area contributed by atoms with Crippen LogP contribution in [0.15, 0.2) is 24.3 Å². The van der Waals surface area contributed by atoms with Gasteiger partial charge in [0.05, 0.1) is 19.7 Å². The van der Waals surface area contributed by atoms with Crippen LogP contribution < -0.4 is 0 Å². The zero-order valence-corrected chi connectivity index (χ0v) is 16.3. The number of likely N-dealkylation sites (tertiary alicyclic amines) is 1. The van der Waals surface area contributed by atoms with Gasteiger partial charge >= 0.3 is 0 Å². The largest absolute Gasteiger partial charge is 0.381 e. The van der Waals surface area contributed by atoms with Crippen LogP contribution in [0.1, 0.15) is 42.1 Å². The molecule has 3 fully saturated rings. The van der Waals surface area contributed by atoms with Gasteiger partial charge < -0.3 is 19.1 Å². The van der Waals surface area contributed by atoms with Gasteiger partial charge in [0.2, 0.25) is 0 Å². The van der Waals surface area contributed by atoms with Crippen LogP contribution in [0.4, 0.5) is 0 Å². The van der Waals surface area contributed by atoms with Crippen molar-refractivity contribution in [1.82, 2.24) is 4.90 Å². The topological polar surface area (TPSA) is 48.0 Å². The molecule has 0 saturated carbocycles. The van der Waals surface area contributed by atoms with Crippen LogP contribution in [0.2, 0.25) is 0 Å². The standard InChI is InChI=1S/C22H31NO4/c1-2-17-3-5-19(6-4-17)21(24)23-15-22(16-23)20(9-12-27-22)14-26-13-18-7-10-25-11-8-18/h3-6,18,20H,2,7-16H2,1H3/t20-/m1/s1. The number of ether oxygens (including phenoxy) is 3. The molecule has 0 aliphatic carbocycles. The Labute approximate surface area is 162 Å². The average Bonchev–Trinajstić information content (AvgIpc) is 3.11. The maximum absolute atomic E-state index is 12.7. The van der Waals surface area contributed by atoms with Gasteiger partial charge in [-0.3, -0.25) is 4.79 Å². The molecule has 5 nitrogen and oxygen atoms in total. The number of amides is 1. The van der Waals surface area contributed by atoms with Crippen LogP contribution in [-0.4, -0.2) is 62.5 Å². The second kappa shape index (κ2) is 8.29. The van der Waals surface area contributed by atoms with E-state index in [-0.39, 0.29) is 11.5 Å². The Kier molecular flexibility index (Phi) is 5.81. The van der Waals surface area contributed by atoms with Gasteiger partial charge in [0.25, 0.3) is 5.91 Å². The highest BCUT2D eigenvalue weighted by Gasteiger charge is 2.54. The minimum absolute atomic E-state index is 0.112. The van der Waals surface area contributed by atoms with E-state index in [0.717, 1.165) is 64.3 Å². The van der Waals surface area contributed by atoms with Crippen LogP contribution in [0.3, 0.4) is 0 Å².